The summed E-state index contributed by atoms with van der Waals surface area (Å²) in [5.74, 6) is 0.0920. The number of thiophene rings is 1. The Kier molecular flexibility index (Phi) is 2.85. The minimum absolute atomic E-state index is 0.0920. The smallest absolute Gasteiger partial charge is 0.252 e. The van der Waals surface area contributed by atoms with Gasteiger partial charge in [-0.2, -0.15) is 0 Å². The van der Waals surface area contributed by atoms with Crippen molar-refractivity contribution in [2.24, 2.45) is 0 Å². The van der Waals surface area contributed by atoms with Crippen LogP contribution in [0.1, 0.15) is 36.0 Å². The van der Waals surface area contributed by atoms with Gasteiger partial charge in [0.25, 0.3) is 5.91 Å². The third-order valence-corrected chi connectivity index (χ3v) is 4.38. The molecule has 1 amide bonds. The van der Waals surface area contributed by atoms with Crippen molar-refractivity contribution >= 4 is 27.3 Å². The Labute approximate surface area is 105 Å². The Hall–Kier alpha value is -1.35. The highest BCUT2D eigenvalue weighted by molar-refractivity contribution is 7.17. The van der Waals surface area contributed by atoms with Gasteiger partial charge >= 0.3 is 0 Å². The van der Waals surface area contributed by atoms with E-state index in [-0.39, 0.29) is 5.91 Å². The van der Waals surface area contributed by atoms with Crippen LogP contribution in [-0.4, -0.2) is 11.9 Å². The second kappa shape index (κ2) is 4.49. The second-order valence-corrected chi connectivity index (χ2v) is 5.51. The van der Waals surface area contributed by atoms with Gasteiger partial charge in [-0.3, -0.25) is 4.79 Å². The summed E-state index contributed by atoms with van der Waals surface area (Å²) in [6.07, 6.45) is 4.76. The SMILES string of the molecule is O=C(NC1CCCC1)c1csc2ccccc12. The summed E-state index contributed by atoms with van der Waals surface area (Å²) in [4.78, 5) is 12.2. The van der Waals surface area contributed by atoms with E-state index in [0.717, 1.165) is 23.8 Å². The fourth-order valence-electron chi connectivity index (χ4n) is 2.49. The molecule has 0 saturated heterocycles. The molecule has 1 aromatic carbocycles. The van der Waals surface area contributed by atoms with Crippen molar-refractivity contribution in [3.8, 4) is 0 Å². The number of fused-ring (bicyclic) bond motifs is 1. The highest BCUT2D eigenvalue weighted by Gasteiger charge is 2.19. The molecule has 0 aliphatic heterocycles. The van der Waals surface area contributed by atoms with Crippen molar-refractivity contribution in [3.05, 3.63) is 35.2 Å². The van der Waals surface area contributed by atoms with Gasteiger partial charge in [-0.15, -0.1) is 11.3 Å². The first kappa shape index (κ1) is 10.8. The van der Waals surface area contributed by atoms with Gasteiger partial charge in [-0.1, -0.05) is 31.0 Å². The Morgan fingerprint density at radius 1 is 1.24 bits per heavy atom. The minimum atomic E-state index is 0.0920. The molecule has 1 aliphatic carbocycles. The van der Waals surface area contributed by atoms with Crippen LogP contribution < -0.4 is 5.32 Å². The Morgan fingerprint density at radius 2 is 2.00 bits per heavy atom. The molecule has 88 valence electrons. The largest absolute Gasteiger partial charge is 0.349 e. The average Bonchev–Trinajstić information content (AvgIpc) is 2.96. The van der Waals surface area contributed by atoms with Gasteiger partial charge in [0, 0.05) is 21.5 Å². The van der Waals surface area contributed by atoms with Crippen LogP contribution >= 0.6 is 11.3 Å². The third-order valence-electron chi connectivity index (χ3n) is 3.42. The summed E-state index contributed by atoms with van der Waals surface area (Å²) in [7, 11) is 0. The summed E-state index contributed by atoms with van der Waals surface area (Å²) in [6.45, 7) is 0. The molecule has 1 fully saturated rings. The quantitative estimate of drug-likeness (QED) is 0.861. The van der Waals surface area contributed by atoms with Gasteiger partial charge in [0.15, 0.2) is 0 Å². The Bertz CT molecular complexity index is 540. The van der Waals surface area contributed by atoms with Crippen molar-refractivity contribution in [2.75, 3.05) is 0 Å². The van der Waals surface area contributed by atoms with Gasteiger partial charge in [0.1, 0.15) is 0 Å². The fraction of sp³-hybridized carbons (Fsp3) is 0.357. The summed E-state index contributed by atoms with van der Waals surface area (Å²) < 4.78 is 1.18. The van der Waals surface area contributed by atoms with E-state index in [0.29, 0.717) is 6.04 Å². The van der Waals surface area contributed by atoms with Crippen LogP contribution in [-0.2, 0) is 0 Å². The summed E-state index contributed by atoms with van der Waals surface area (Å²) in [5, 5.41) is 6.19. The van der Waals surface area contributed by atoms with Crippen LogP contribution in [0.5, 0.6) is 0 Å². The maximum atomic E-state index is 12.2. The van der Waals surface area contributed by atoms with Gasteiger partial charge in [0.05, 0.1) is 5.56 Å². The summed E-state index contributed by atoms with van der Waals surface area (Å²) >= 11 is 1.64. The number of benzene rings is 1. The molecule has 0 bridgehead atoms. The first-order valence-electron chi connectivity index (χ1n) is 6.12. The first-order valence-corrected chi connectivity index (χ1v) is 6.99. The van der Waals surface area contributed by atoms with E-state index in [2.05, 4.69) is 11.4 Å². The van der Waals surface area contributed by atoms with E-state index in [4.69, 9.17) is 0 Å². The molecule has 2 aromatic rings. The van der Waals surface area contributed by atoms with E-state index in [1.54, 1.807) is 11.3 Å². The third kappa shape index (κ3) is 2.07. The van der Waals surface area contributed by atoms with E-state index < -0.39 is 0 Å². The van der Waals surface area contributed by atoms with Crippen molar-refractivity contribution in [3.63, 3.8) is 0 Å². The topological polar surface area (TPSA) is 29.1 Å². The van der Waals surface area contributed by atoms with Crippen LogP contribution in [0, 0.1) is 0 Å². The minimum Gasteiger partial charge on any atom is -0.349 e. The molecule has 1 N–H and O–H groups in total. The standard InChI is InChI=1S/C14H15NOS/c16-14(15-10-5-1-2-6-10)12-9-17-13-8-4-3-7-11(12)13/h3-4,7-10H,1-2,5-6H2,(H,15,16). The van der Waals surface area contributed by atoms with Crippen LogP contribution in [0.25, 0.3) is 10.1 Å². The Morgan fingerprint density at radius 3 is 2.82 bits per heavy atom. The van der Waals surface area contributed by atoms with Crippen LogP contribution in [0.4, 0.5) is 0 Å². The predicted octanol–water partition coefficient (Wildman–Crippen LogP) is 3.57. The molecule has 0 spiro atoms. The lowest BCUT2D eigenvalue weighted by atomic mass is 10.1. The molecule has 2 nitrogen and oxygen atoms in total. The molecule has 17 heavy (non-hydrogen) atoms. The average molecular weight is 245 g/mol. The summed E-state index contributed by atoms with van der Waals surface area (Å²) in [6, 6.07) is 8.47. The van der Waals surface area contributed by atoms with Gasteiger partial charge in [-0.05, 0) is 18.9 Å². The molecule has 0 radical (unpaired) electrons. The number of hydrogen-bond donors (Lipinski definition) is 1. The number of hydrogen-bond acceptors (Lipinski definition) is 2. The van der Waals surface area contributed by atoms with Crippen LogP contribution in [0.3, 0.4) is 0 Å². The lowest BCUT2D eigenvalue weighted by Gasteiger charge is -2.11. The molecular weight excluding hydrogens is 230 g/mol. The molecule has 0 atom stereocenters. The number of carbonyl (C=O) groups excluding carboxylic acids is 1. The molecule has 3 rings (SSSR count). The van der Waals surface area contributed by atoms with Crippen LogP contribution in [0.15, 0.2) is 29.6 Å². The van der Waals surface area contributed by atoms with Gasteiger partial charge in [-0.25, -0.2) is 0 Å². The molecule has 1 saturated carbocycles. The maximum absolute atomic E-state index is 12.2. The molecule has 3 heteroatoms. The van der Waals surface area contributed by atoms with Gasteiger partial charge < -0.3 is 5.32 Å². The second-order valence-electron chi connectivity index (χ2n) is 4.60. The zero-order chi connectivity index (χ0) is 11.7. The monoisotopic (exact) mass is 245 g/mol. The number of rotatable bonds is 2. The number of carbonyl (C=O) groups is 1. The highest BCUT2D eigenvalue weighted by Crippen LogP contribution is 2.26. The molecule has 1 aliphatic rings. The molecule has 1 aromatic heterocycles. The maximum Gasteiger partial charge on any atom is 0.252 e. The molecule has 1 heterocycles. The molecule has 0 unspecified atom stereocenters. The van der Waals surface area contributed by atoms with Crippen molar-refractivity contribution in [1.29, 1.82) is 0 Å². The van der Waals surface area contributed by atoms with Crippen molar-refractivity contribution in [1.82, 2.24) is 5.32 Å². The summed E-state index contributed by atoms with van der Waals surface area (Å²) in [5.41, 5.74) is 0.831. The zero-order valence-electron chi connectivity index (χ0n) is 9.61. The van der Waals surface area contributed by atoms with E-state index >= 15 is 0 Å². The van der Waals surface area contributed by atoms with E-state index in [9.17, 15) is 4.79 Å². The van der Waals surface area contributed by atoms with Crippen LogP contribution in [0.2, 0.25) is 0 Å². The fourth-order valence-corrected chi connectivity index (χ4v) is 3.43. The number of amides is 1. The van der Waals surface area contributed by atoms with Gasteiger partial charge in [0.2, 0.25) is 0 Å². The normalized spacial score (nSPS) is 16.5. The van der Waals surface area contributed by atoms with E-state index in [1.807, 2.05) is 23.6 Å². The highest BCUT2D eigenvalue weighted by atomic mass is 32.1. The Balaban J connectivity index is 1.85. The first-order chi connectivity index (χ1) is 8.34. The van der Waals surface area contributed by atoms with E-state index in [1.165, 1.54) is 17.5 Å². The zero-order valence-corrected chi connectivity index (χ0v) is 10.4. The number of nitrogens with one attached hydrogen (secondary N) is 1. The lowest BCUT2D eigenvalue weighted by molar-refractivity contribution is 0.0940. The van der Waals surface area contributed by atoms with Crippen molar-refractivity contribution < 1.29 is 4.79 Å². The predicted molar refractivity (Wildman–Crippen MR) is 71.5 cm³/mol. The lowest BCUT2D eigenvalue weighted by Crippen LogP contribution is -2.32. The van der Waals surface area contributed by atoms with Crippen molar-refractivity contribution in [2.45, 2.75) is 31.7 Å². The molecular formula is C14H15NOS.